The van der Waals surface area contributed by atoms with Crippen molar-refractivity contribution in [1.82, 2.24) is 4.90 Å². The lowest BCUT2D eigenvalue weighted by Crippen LogP contribution is -2.35. The van der Waals surface area contributed by atoms with Gasteiger partial charge in [-0.1, -0.05) is 11.8 Å². The first-order valence-corrected chi connectivity index (χ1v) is 7.22. The van der Waals surface area contributed by atoms with E-state index in [4.69, 9.17) is 10.5 Å². The third-order valence-corrected chi connectivity index (χ3v) is 3.86. The number of amides is 1. The van der Waals surface area contributed by atoms with Crippen molar-refractivity contribution in [2.24, 2.45) is 5.73 Å². The van der Waals surface area contributed by atoms with E-state index in [1.54, 1.807) is 0 Å². The Balaban J connectivity index is 2.07. The Bertz CT molecular complexity index is 501. The van der Waals surface area contributed by atoms with Gasteiger partial charge in [0.1, 0.15) is 0 Å². The molecule has 0 aliphatic carbocycles. The monoisotopic (exact) mass is 278 g/mol. The van der Waals surface area contributed by atoms with Crippen LogP contribution in [0.2, 0.25) is 0 Å². The summed E-state index contributed by atoms with van der Waals surface area (Å²) in [5.74, 6) is 5.82. The number of thiophene rings is 1. The van der Waals surface area contributed by atoms with Gasteiger partial charge in [0.05, 0.1) is 22.4 Å². The summed E-state index contributed by atoms with van der Waals surface area (Å²) in [4.78, 5) is 15.9. The van der Waals surface area contributed by atoms with E-state index in [2.05, 4.69) is 11.8 Å². The maximum absolute atomic E-state index is 12.4. The van der Waals surface area contributed by atoms with Crippen LogP contribution in [0.25, 0.3) is 0 Å². The molecule has 1 unspecified atom stereocenters. The summed E-state index contributed by atoms with van der Waals surface area (Å²) < 4.78 is 5.55. The molecule has 1 aliphatic rings. The van der Waals surface area contributed by atoms with Gasteiger partial charge < -0.3 is 15.4 Å². The molecule has 2 N–H and O–H groups in total. The Morgan fingerprint density at radius 2 is 2.47 bits per heavy atom. The van der Waals surface area contributed by atoms with Gasteiger partial charge in [0.15, 0.2) is 0 Å². The van der Waals surface area contributed by atoms with Crippen LogP contribution in [0.5, 0.6) is 0 Å². The van der Waals surface area contributed by atoms with Gasteiger partial charge in [-0.3, -0.25) is 4.79 Å². The van der Waals surface area contributed by atoms with Gasteiger partial charge in [0.2, 0.25) is 0 Å². The molecule has 1 saturated heterocycles. The molecule has 1 aromatic heterocycles. The predicted molar refractivity (Wildman–Crippen MR) is 76.2 cm³/mol. The van der Waals surface area contributed by atoms with E-state index in [1.165, 1.54) is 11.3 Å². The molecule has 1 aliphatic heterocycles. The number of ether oxygens (including phenoxy) is 1. The summed E-state index contributed by atoms with van der Waals surface area (Å²) >= 11 is 1.42. The van der Waals surface area contributed by atoms with E-state index < -0.39 is 0 Å². The lowest BCUT2D eigenvalue weighted by Gasteiger charge is -2.21. The Kier molecular flexibility index (Phi) is 4.97. The predicted octanol–water partition coefficient (Wildman–Crippen LogP) is 1.31. The fourth-order valence-corrected chi connectivity index (χ4v) is 2.84. The molecule has 19 heavy (non-hydrogen) atoms. The first-order valence-electron chi connectivity index (χ1n) is 6.40. The molecular weight excluding hydrogens is 260 g/mol. The molecular formula is C14H18N2O2S. The molecule has 2 heterocycles. The molecule has 0 spiro atoms. The highest BCUT2D eigenvalue weighted by molar-refractivity contribution is 7.14. The van der Waals surface area contributed by atoms with E-state index >= 15 is 0 Å². The van der Waals surface area contributed by atoms with Gasteiger partial charge in [-0.05, 0) is 25.5 Å². The quantitative estimate of drug-likeness (QED) is 0.788. The van der Waals surface area contributed by atoms with Crippen molar-refractivity contribution in [2.45, 2.75) is 19.4 Å². The van der Waals surface area contributed by atoms with Gasteiger partial charge in [0, 0.05) is 19.7 Å². The lowest BCUT2D eigenvalue weighted by molar-refractivity contribution is 0.0565. The third kappa shape index (κ3) is 3.80. The van der Waals surface area contributed by atoms with E-state index in [-0.39, 0.29) is 12.0 Å². The van der Waals surface area contributed by atoms with Crippen LogP contribution < -0.4 is 5.73 Å². The number of carbonyl (C=O) groups is 1. The number of carbonyl (C=O) groups excluding carboxylic acids is 1. The largest absolute Gasteiger partial charge is 0.377 e. The van der Waals surface area contributed by atoms with Crippen molar-refractivity contribution in [3.63, 3.8) is 0 Å². The minimum atomic E-state index is 0.0724. The van der Waals surface area contributed by atoms with Crippen LogP contribution >= 0.6 is 11.3 Å². The zero-order chi connectivity index (χ0) is 13.7. The summed E-state index contributed by atoms with van der Waals surface area (Å²) in [6.07, 6.45) is 0.990. The molecule has 0 aromatic carbocycles. The van der Waals surface area contributed by atoms with Crippen molar-refractivity contribution in [3.8, 4) is 11.8 Å². The Hall–Kier alpha value is -1.35. The first kappa shape index (κ1) is 14.1. The van der Waals surface area contributed by atoms with Crippen LogP contribution in [0.4, 0.5) is 0 Å². The smallest absolute Gasteiger partial charge is 0.264 e. The van der Waals surface area contributed by atoms with Gasteiger partial charge >= 0.3 is 0 Å². The normalized spacial score (nSPS) is 19.5. The molecule has 1 aromatic rings. The van der Waals surface area contributed by atoms with Gasteiger partial charge in [-0.25, -0.2) is 0 Å². The molecule has 2 rings (SSSR count). The lowest BCUT2D eigenvalue weighted by atomic mass is 10.3. The molecule has 0 saturated carbocycles. The Morgan fingerprint density at radius 1 is 1.63 bits per heavy atom. The summed E-state index contributed by atoms with van der Waals surface area (Å²) in [6.45, 7) is 4.47. The summed E-state index contributed by atoms with van der Waals surface area (Å²) in [5, 5.41) is 0. The number of hydrogen-bond donors (Lipinski definition) is 1. The molecule has 0 bridgehead atoms. The topological polar surface area (TPSA) is 55.6 Å². The number of hydrogen-bond acceptors (Lipinski definition) is 4. The molecule has 1 fully saturated rings. The second-order valence-corrected chi connectivity index (χ2v) is 5.54. The average Bonchev–Trinajstić information content (AvgIpc) is 2.77. The van der Waals surface area contributed by atoms with Crippen LogP contribution in [0.1, 0.15) is 27.9 Å². The molecule has 4 nitrogen and oxygen atoms in total. The molecule has 102 valence electrons. The van der Waals surface area contributed by atoms with Gasteiger partial charge in [0.25, 0.3) is 5.91 Å². The summed E-state index contributed by atoms with van der Waals surface area (Å²) in [7, 11) is 0. The Labute approximate surface area is 117 Å². The maximum Gasteiger partial charge on any atom is 0.264 e. The zero-order valence-corrected chi connectivity index (χ0v) is 11.8. The number of rotatable bonds is 1. The molecule has 0 radical (unpaired) electrons. The molecule has 1 atom stereocenters. The maximum atomic E-state index is 12.4. The van der Waals surface area contributed by atoms with Crippen molar-refractivity contribution in [3.05, 3.63) is 21.9 Å². The van der Waals surface area contributed by atoms with Crippen LogP contribution in [-0.2, 0) is 4.74 Å². The second-order valence-electron chi connectivity index (χ2n) is 4.46. The van der Waals surface area contributed by atoms with E-state index in [0.29, 0.717) is 13.1 Å². The van der Waals surface area contributed by atoms with Crippen molar-refractivity contribution in [1.29, 1.82) is 0 Å². The van der Waals surface area contributed by atoms with Gasteiger partial charge in [-0.15, -0.1) is 11.3 Å². The fourth-order valence-electron chi connectivity index (χ4n) is 1.99. The van der Waals surface area contributed by atoms with Crippen molar-refractivity contribution < 1.29 is 9.53 Å². The van der Waals surface area contributed by atoms with Gasteiger partial charge in [-0.2, -0.15) is 0 Å². The zero-order valence-electron chi connectivity index (χ0n) is 11.0. The van der Waals surface area contributed by atoms with E-state index in [0.717, 1.165) is 29.3 Å². The highest BCUT2D eigenvalue weighted by Crippen LogP contribution is 2.19. The van der Waals surface area contributed by atoms with Crippen LogP contribution in [0.15, 0.2) is 12.1 Å². The van der Waals surface area contributed by atoms with Crippen molar-refractivity contribution in [2.75, 3.05) is 26.2 Å². The average molecular weight is 278 g/mol. The first-order chi connectivity index (χ1) is 9.20. The SMILES string of the molecule is CC1CN(C(=O)c2ccc(C#CCN)s2)CCCO1. The third-order valence-electron chi connectivity index (χ3n) is 2.87. The second kappa shape index (κ2) is 6.71. The standard InChI is InChI=1S/C14H18N2O2S/c1-11-10-16(8-3-9-18-11)14(17)13-6-5-12(19-13)4-2-7-15/h5-6,11H,3,7-10,15H2,1H3. The Morgan fingerprint density at radius 3 is 3.26 bits per heavy atom. The van der Waals surface area contributed by atoms with Crippen LogP contribution in [0, 0.1) is 11.8 Å². The highest BCUT2D eigenvalue weighted by atomic mass is 32.1. The number of nitrogens with zero attached hydrogens (tertiary/aromatic N) is 1. The number of nitrogens with two attached hydrogens (primary N) is 1. The summed E-state index contributed by atoms with van der Waals surface area (Å²) in [6, 6.07) is 3.71. The minimum Gasteiger partial charge on any atom is -0.377 e. The minimum absolute atomic E-state index is 0.0724. The highest BCUT2D eigenvalue weighted by Gasteiger charge is 2.22. The fraction of sp³-hybridized carbons (Fsp3) is 0.500. The molecule has 1 amide bonds. The van der Waals surface area contributed by atoms with E-state index in [1.807, 2.05) is 24.0 Å². The van der Waals surface area contributed by atoms with Crippen LogP contribution in [-0.4, -0.2) is 43.2 Å². The van der Waals surface area contributed by atoms with E-state index in [9.17, 15) is 4.79 Å². The molecule has 5 heteroatoms. The van der Waals surface area contributed by atoms with Crippen molar-refractivity contribution >= 4 is 17.2 Å². The summed E-state index contributed by atoms with van der Waals surface area (Å²) in [5.41, 5.74) is 5.33. The van der Waals surface area contributed by atoms with Crippen LogP contribution in [0.3, 0.4) is 0 Å².